The molecular weight excluding hydrogens is 522 g/mol. The van der Waals surface area contributed by atoms with E-state index in [2.05, 4.69) is 31.0 Å². The first kappa shape index (κ1) is 26.7. The molecule has 2 fully saturated rings. The monoisotopic (exact) mass is 553 g/mol. The molecule has 1 aliphatic carbocycles. The molecule has 0 atom stereocenters. The summed E-state index contributed by atoms with van der Waals surface area (Å²) < 4.78 is 43.4. The first-order valence-electron chi connectivity index (χ1n) is 12.8. The number of ether oxygens (including phenoxy) is 3. The van der Waals surface area contributed by atoms with Crippen molar-refractivity contribution in [2.45, 2.75) is 37.8 Å². The fourth-order valence-electron chi connectivity index (χ4n) is 4.84. The van der Waals surface area contributed by atoms with Gasteiger partial charge in [-0.25, -0.2) is 13.4 Å². The standard InChI is InChI=1S/C26H31N7O5S/c1-36-23-11-17(14-27)15-29-25(23)30-18-3-5-20(6-4-18)38-26-21-12-19(32-39(2,34)35)16-28-22(21)13-24(31-26)33-7-9-37-10-8-33/h11-13,15-16,18,20,32H,3-10H2,1-2H3,(H,29,30). The van der Waals surface area contributed by atoms with E-state index >= 15 is 0 Å². The van der Waals surface area contributed by atoms with E-state index in [4.69, 9.17) is 24.5 Å². The van der Waals surface area contributed by atoms with Crippen molar-refractivity contribution in [3.63, 3.8) is 0 Å². The number of hydrogen-bond donors (Lipinski definition) is 2. The Morgan fingerprint density at radius 2 is 1.87 bits per heavy atom. The summed E-state index contributed by atoms with van der Waals surface area (Å²) in [6.45, 7) is 2.68. The Bertz CT molecular complexity index is 1480. The smallest absolute Gasteiger partial charge is 0.229 e. The molecule has 0 aromatic carbocycles. The van der Waals surface area contributed by atoms with Crippen molar-refractivity contribution in [3.05, 3.63) is 36.2 Å². The van der Waals surface area contributed by atoms with Gasteiger partial charge in [0.25, 0.3) is 0 Å². The fourth-order valence-corrected chi connectivity index (χ4v) is 5.38. The SMILES string of the molecule is COc1cc(C#N)cnc1NC1CCC(Oc2nc(N3CCOCC3)cc3ncc(NS(C)(=O)=O)cc23)CC1. The van der Waals surface area contributed by atoms with Crippen molar-refractivity contribution < 1.29 is 22.6 Å². The third kappa shape index (κ3) is 6.58. The van der Waals surface area contributed by atoms with Crippen molar-refractivity contribution in [2.75, 3.05) is 54.6 Å². The third-order valence-electron chi connectivity index (χ3n) is 6.76. The van der Waals surface area contributed by atoms with Gasteiger partial charge in [0.15, 0.2) is 11.6 Å². The number of nitrogens with one attached hydrogen (secondary N) is 2. The molecule has 13 heteroatoms. The maximum atomic E-state index is 11.8. The van der Waals surface area contributed by atoms with E-state index in [1.54, 1.807) is 19.2 Å². The zero-order chi connectivity index (χ0) is 27.4. The van der Waals surface area contributed by atoms with Crippen LogP contribution < -0.4 is 24.4 Å². The number of pyridine rings is 3. The molecule has 1 aliphatic heterocycles. The Morgan fingerprint density at radius 3 is 2.56 bits per heavy atom. The summed E-state index contributed by atoms with van der Waals surface area (Å²) in [7, 11) is -1.90. The summed E-state index contributed by atoms with van der Waals surface area (Å²) in [5, 5.41) is 13.2. The topological polar surface area (TPSA) is 152 Å². The van der Waals surface area contributed by atoms with Crippen molar-refractivity contribution in [3.8, 4) is 17.7 Å². The van der Waals surface area contributed by atoms with Gasteiger partial charge < -0.3 is 24.4 Å². The van der Waals surface area contributed by atoms with Gasteiger partial charge in [-0.05, 0) is 31.7 Å². The molecule has 12 nitrogen and oxygen atoms in total. The summed E-state index contributed by atoms with van der Waals surface area (Å²) in [4.78, 5) is 15.8. The Labute approximate surface area is 227 Å². The van der Waals surface area contributed by atoms with Crippen LogP contribution in [0.2, 0.25) is 0 Å². The van der Waals surface area contributed by atoms with Crippen LogP contribution in [-0.2, 0) is 14.8 Å². The molecule has 39 heavy (non-hydrogen) atoms. The second kappa shape index (κ2) is 11.5. The molecule has 3 aromatic heterocycles. The lowest BCUT2D eigenvalue weighted by molar-refractivity contribution is 0.122. The molecule has 0 bridgehead atoms. The molecule has 0 unspecified atom stereocenters. The van der Waals surface area contributed by atoms with Crippen LogP contribution >= 0.6 is 0 Å². The van der Waals surface area contributed by atoms with Crippen LogP contribution in [0.15, 0.2) is 30.6 Å². The second-order valence-corrected chi connectivity index (χ2v) is 11.4. The Hall–Kier alpha value is -3.89. The Morgan fingerprint density at radius 1 is 1.10 bits per heavy atom. The predicted molar refractivity (Wildman–Crippen MR) is 147 cm³/mol. The minimum absolute atomic E-state index is 0.0685. The highest BCUT2D eigenvalue weighted by atomic mass is 32.2. The number of nitriles is 1. The van der Waals surface area contributed by atoms with Crippen molar-refractivity contribution in [1.29, 1.82) is 5.26 Å². The zero-order valence-corrected chi connectivity index (χ0v) is 22.7. The minimum atomic E-state index is -3.46. The molecule has 206 valence electrons. The number of nitrogens with zero attached hydrogens (tertiary/aromatic N) is 5. The molecule has 1 saturated heterocycles. The van der Waals surface area contributed by atoms with Gasteiger partial charge in [-0.3, -0.25) is 9.71 Å². The first-order valence-corrected chi connectivity index (χ1v) is 14.7. The summed E-state index contributed by atoms with van der Waals surface area (Å²) >= 11 is 0. The number of morpholine rings is 1. The average molecular weight is 554 g/mol. The lowest BCUT2D eigenvalue weighted by Crippen LogP contribution is -2.37. The number of rotatable bonds is 8. The number of fused-ring (bicyclic) bond motifs is 1. The van der Waals surface area contributed by atoms with Crippen LogP contribution in [0.4, 0.5) is 17.3 Å². The quantitative estimate of drug-likeness (QED) is 0.423. The Balaban J connectivity index is 1.34. The van der Waals surface area contributed by atoms with E-state index in [-0.39, 0.29) is 12.1 Å². The van der Waals surface area contributed by atoms with E-state index in [0.29, 0.717) is 52.8 Å². The Kier molecular flexibility index (Phi) is 7.85. The van der Waals surface area contributed by atoms with E-state index in [1.807, 2.05) is 6.07 Å². The van der Waals surface area contributed by atoms with Crippen LogP contribution in [-0.4, -0.2) is 75.2 Å². The number of anilines is 3. The van der Waals surface area contributed by atoms with Crippen molar-refractivity contribution >= 4 is 38.2 Å². The lowest BCUT2D eigenvalue weighted by atomic mass is 9.93. The molecule has 4 heterocycles. The molecule has 0 amide bonds. The maximum Gasteiger partial charge on any atom is 0.229 e. The van der Waals surface area contributed by atoms with Gasteiger partial charge in [0.05, 0.1) is 54.9 Å². The molecule has 2 aliphatic rings. The van der Waals surface area contributed by atoms with Gasteiger partial charge in [0.2, 0.25) is 15.9 Å². The molecular formula is C26H31N7O5S. The summed E-state index contributed by atoms with van der Waals surface area (Å²) in [6, 6.07) is 7.53. The van der Waals surface area contributed by atoms with Gasteiger partial charge in [-0.1, -0.05) is 0 Å². The van der Waals surface area contributed by atoms with Crippen LogP contribution in [0.1, 0.15) is 31.2 Å². The summed E-state index contributed by atoms with van der Waals surface area (Å²) in [5.74, 6) is 2.34. The first-order chi connectivity index (χ1) is 18.8. The number of hydrogen-bond acceptors (Lipinski definition) is 11. The largest absolute Gasteiger partial charge is 0.493 e. The number of aromatic nitrogens is 3. The molecule has 1 saturated carbocycles. The van der Waals surface area contributed by atoms with Crippen molar-refractivity contribution in [1.82, 2.24) is 15.0 Å². The van der Waals surface area contributed by atoms with E-state index < -0.39 is 10.0 Å². The number of methoxy groups -OCH3 is 1. The second-order valence-electron chi connectivity index (χ2n) is 9.67. The van der Waals surface area contributed by atoms with Gasteiger partial charge in [0, 0.05) is 37.5 Å². The van der Waals surface area contributed by atoms with Gasteiger partial charge >= 0.3 is 0 Å². The van der Waals surface area contributed by atoms with Crippen LogP contribution in [0.25, 0.3) is 10.9 Å². The van der Waals surface area contributed by atoms with Gasteiger partial charge in [-0.15, -0.1) is 0 Å². The molecule has 5 rings (SSSR count). The van der Waals surface area contributed by atoms with E-state index in [1.165, 1.54) is 12.4 Å². The summed E-state index contributed by atoms with van der Waals surface area (Å²) in [5.41, 5.74) is 1.47. The van der Waals surface area contributed by atoms with Gasteiger partial charge in [-0.2, -0.15) is 10.2 Å². The van der Waals surface area contributed by atoms with E-state index in [9.17, 15) is 8.42 Å². The molecule has 3 aromatic rings. The third-order valence-corrected chi connectivity index (χ3v) is 7.37. The fraction of sp³-hybridized carbons (Fsp3) is 0.462. The predicted octanol–water partition coefficient (Wildman–Crippen LogP) is 2.92. The summed E-state index contributed by atoms with van der Waals surface area (Å²) in [6.07, 6.45) is 7.32. The maximum absolute atomic E-state index is 11.8. The average Bonchev–Trinajstić information content (AvgIpc) is 2.94. The van der Waals surface area contributed by atoms with Crippen molar-refractivity contribution in [2.24, 2.45) is 0 Å². The van der Waals surface area contributed by atoms with E-state index in [0.717, 1.165) is 50.8 Å². The number of sulfonamides is 1. The van der Waals surface area contributed by atoms with Gasteiger partial charge in [0.1, 0.15) is 18.0 Å². The van der Waals surface area contributed by atoms with Crippen LogP contribution in [0, 0.1) is 11.3 Å². The normalized spacial score (nSPS) is 19.8. The van der Waals surface area contributed by atoms with Crippen LogP contribution in [0.5, 0.6) is 11.6 Å². The highest BCUT2D eigenvalue weighted by molar-refractivity contribution is 7.92. The highest BCUT2D eigenvalue weighted by Gasteiger charge is 2.26. The highest BCUT2D eigenvalue weighted by Crippen LogP contribution is 2.33. The zero-order valence-electron chi connectivity index (χ0n) is 21.9. The van der Waals surface area contributed by atoms with Crippen LogP contribution in [0.3, 0.4) is 0 Å². The minimum Gasteiger partial charge on any atom is -0.493 e. The molecule has 2 N–H and O–H groups in total. The molecule has 0 radical (unpaired) electrons. The molecule has 0 spiro atoms. The lowest BCUT2D eigenvalue weighted by Gasteiger charge is -2.31.